The Labute approximate surface area is 183 Å². The van der Waals surface area contributed by atoms with Gasteiger partial charge in [0.05, 0.1) is 17.5 Å². The first-order valence-electron chi connectivity index (χ1n) is 9.61. The van der Waals surface area contributed by atoms with E-state index in [4.69, 9.17) is 0 Å². The number of piperazine rings is 1. The molecule has 1 amide bonds. The molecule has 3 aromatic rings. The third kappa shape index (κ3) is 4.34. The van der Waals surface area contributed by atoms with Crippen molar-refractivity contribution in [3.8, 4) is 0 Å². The van der Waals surface area contributed by atoms with E-state index in [0.29, 0.717) is 18.6 Å². The molecule has 1 aliphatic heterocycles. The van der Waals surface area contributed by atoms with Crippen molar-refractivity contribution in [1.29, 1.82) is 0 Å². The third-order valence-corrected chi connectivity index (χ3v) is 7.97. The second kappa shape index (κ2) is 8.40. The van der Waals surface area contributed by atoms with Crippen molar-refractivity contribution in [1.82, 2.24) is 19.4 Å². The number of aromatic nitrogens is 2. The lowest BCUT2D eigenvalue weighted by atomic mass is 10.1. The van der Waals surface area contributed by atoms with Gasteiger partial charge in [-0.2, -0.15) is 0 Å². The van der Waals surface area contributed by atoms with Gasteiger partial charge in [-0.1, -0.05) is 6.07 Å². The normalized spacial score (nSPS) is 15.8. The summed E-state index contributed by atoms with van der Waals surface area (Å²) in [6.07, 6.45) is 4.05. The van der Waals surface area contributed by atoms with E-state index in [0.717, 1.165) is 24.4 Å². The molecular weight excluding hydrogens is 441 g/mol. The minimum Gasteiger partial charge on any atom is -0.337 e. The first kappa shape index (κ1) is 21.5. The Bertz CT molecular complexity index is 1240. The lowest BCUT2D eigenvalue weighted by Crippen LogP contribution is -2.46. The number of thiophene rings is 1. The molecule has 3 heterocycles. The Balaban J connectivity index is 1.72. The molecule has 164 valence electrons. The second-order valence-electron chi connectivity index (χ2n) is 7.37. The van der Waals surface area contributed by atoms with E-state index in [1.807, 2.05) is 7.05 Å². The van der Waals surface area contributed by atoms with Crippen molar-refractivity contribution in [3.63, 3.8) is 0 Å². The van der Waals surface area contributed by atoms with Crippen LogP contribution in [0.15, 0.2) is 40.2 Å². The summed E-state index contributed by atoms with van der Waals surface area (Å²) in [6.45, 7) is 2.69. The van der Waals surface area contributed by atoms with E-state index in [1.165, 1.54) is 30.6 Å². The van der Waals surface area contributed by atoms with E-state index in [1.54, 1.807) is 28.0 Å². The van der Waals surface area contributed by atoms with E-state index in [2.05, 4.69) is 14.6 Å². The molecule has 0 atom stereocenters. The highest BCUT2D eigenvalue weighted by molar-refractivity contribution is 7.94. The zero-order valence-corrected chi connectivity index (χ0v) is 18.7. The van der Waals surface area contributed by atoms with Gasteiger partial charge in [0.1, 0.15) is 9.73 Å². The molecule has 0 radical (unpaired) electrons. The standard InChI is InChI=1S/C20H22FN5O3S2/c1-24-7-9-26(10-8-24)17(27)6-5-14-15(23-31(28,29)18-4-3-11-30-18)12-16-20(19(14)21)22-13-25(16)2/h3-6,11-13,23H,7-10H2,1-2H3. The molecule has 31 heavy (non-hydrogen) atoms. The monoisotopic (exact) mass is 463 g/mol. The molecule has 1 aliphatic rings. The van der Waals surface area contributed by atoms with Crippen molar-refractivity contribution in [2.24, 2.45) is 7.05 Å². The quantitative estimate of drug-likeness (QED) is 0.587. The SMILES string of the molecule is CN1CCN(C(=O)C=Cc2c(NS(=O)(=O)c3cccs3)cc3c(ncn3C)c2F)CC1. The molecule has 0 spiro atoms. The smallest absolute Gasteiger partial charge is 0.271 e. The summed E-state index contributed by atoms with van der Waals surface area (Å²) in [5.74, 6) is -0.940. The van der Waals surface area contributed by atoms with E-state index in [9.17, 15) is 13.2 Å². The predicted octanol–water partition coefficient (Wildman–Crippen LogP) is 2.36. The predicted molar refractivity (Wildman–Crippen MR) is 119 cm³/mol. The Kier molecular flexibility index (Phi) is 5.82. The van der Waals surface area contributed by atoms with Gasteiger partial charge in [0.15, 0.2) is 5.82 Å². The topological polar surface area (TPSA) is 87.5 Å². The fourth-order valence-electron chi connectivity index (χ4n) is 3.38. The number of halogens is 1. The summed E-state index contributed by atoms with van der Waals surface area (Å²) in [7, 11) is -0.221. The Morgan fingerprint density at radius 2 is 2.00 bits per heavy atom. The van der Waals surface area contributed by atoms with Crippen molar-refractivity contribution >= 4 is 50.1 Å². The summed E-state index contributed by atoms with van der Waals surface area (Å²) in [6, 6.07) is 4.62. The maximum atomic E-state index is 15.3. The van der Waals surface area contributed by atoms with Gasteiger partial charge >= 0.3 is 0 Å². The molecule has 1 fully saturated rings. The number of hydrogen-bond donors (Lipinski definition) is 1. The maximum absolute atomic E-state index is 15.3. The Hall–Kier alpha value is -2.76. The number of carbonyl (C=O) groups excluding carboxylic acids is 1. The fraction of sp³-hybridized carbons (Fsp3) is 0.300. The number of imidazole rings is 1. The summed E-state index contributed by atoms with van der Waals surface area (Å²) in [5.41, 5.74) is 0.551. The van der Waals surface area contributed by atoms with Crippen molar-refractivity contribution in [3.05, 3.63) is 47.4 Å². The molecule has 1 N–H and O–H groups in total. The number of aryl methyl sites for hydroxylation is 1. The molecule has 0 unspecified atom stereocenters. The molecule has 8 nitrogen and oxygen atoms in total. The highest BCUT2D eigenvalue weighted by atomic mass is 32.2. The van der Waals surface area contributed by atoms with Crippen LogP contribution >= 0.6 is 11.3 Å². The zero-order valence-electron chi connectivity index (χ0n) is 17.1. The number of rotatable bonds is 5. The number of benzene rings is 1. The lowest BCUT2D eigenvalue weighted by Gasteiger charge is -2.31. The van der Waals surface area contributed by atoms with Crippen molar-refractivity contribution in [2.45, 2.75) is 4.21 Å². The maximum Gasteiger partial charge on any atom is 0.271 e. The molecule has 0 saturated carbocycles. The molecule has 1 aromatic carbocycles. The molecule has 11 heteroatoms. The van der Waals surface area contributed by atoms with Gasteiger partial charge in [0.25, 0.3) is 10.0 Å². The fourth-order valence-corrected chi connectivity index (χ4v) is 5.45. The van der Waals surface area contributed by atoms with Crippen LogP contribution in [0, 0.1) is 5.82 Å². The van der Waals surface area contributed by atoms with Gasteiger partial charge < -0.3 is 14.4 Å². The number of nitrogens with one attached hydrogen (secondary N) is 1. The average molecular weight is 464 g/mol. The van der Waals surface area contributed by atoms with Crippen LogP contribution in [0.1, 0.15) is 5.56 Å². The van der Waals surface area contributed by atoms with Gasteiger partial charge in [-0.05, 0) is 30.6 Å². The summed E-state index contributed by atoms with van der Waals surface area (Å²) >= 11 is 1.06. The molecule has 0 aliphatic carbocycles. The molecule has 1 saturated heterocycles. The minimum atomic E-state index is -3.90. The van der Waals surface area contributed by atoms with E-state index < -0.39 is 15.8 Å². The van der Waals surface area contributed by atoms with Gasteiger partial charge in [0, 0.05) is 44.9 Å². The molecule has 2 aromatic heterocycles. The Morgan fingerprint density at radius 3 is 2.68 bits per heavy atom. The van der Waals surface area contributed by atoms with Crippen molar-refractivity contribution in [2.75, 3.05) is 37.9 Å². The van der Waals surface area contributed by atoms with Gasteiger partial charge in [-0.15, -0.1) is 11.3 Å². The average Bonchev–Trinajstić information content (AvgIpc) is 3.39. The van der Waals surface area contributed by atoms with Gasteiger partial charge in [-0.3, -0.25) is 9.52 Å². The largest absolute Gasteiger partial charge is 0.337 e. The number of amides is 1. The number of fused-ring (bicyclic) bond motifs is 1. The third-order valence-electron chi connectivity index (χ3n) is 5.21. The van der Waals surface area contributed by atoms with Crippen LogP contribution in [-0.4, -0.2) is 66.9 Å². The van der Waals surface area contributed by atoms with Crippen LogP contribution in [0.2, 0.25) is 0 Å². The highest BCUT2D eigenvalue weighted by Crippen LogP contribution is 2.31. The van der Waals surface area contributed by atoms with Crippen LogP contribution < -0.4 is 4.72 Å². The lowest BCUT2D eigenvalue weighted by molar-refractivity contribution is -0.127. The number of anilines is 1. The molecular formula is C20H22FN5O3S2. The zero-order chi connectivity index (χ0) is 22.2. The van der Waals surface area contributed by atoms with Gasteiger partial charge in [-0.25, -0.2) is 17.8 Å². The molecule has 4 rings (SSSR count). The van der Waals surface area contributed by atoms with Crippen molar-refractivity contribution < 1.29 is 17.6 Å². The van der Waals surface area contributed by atoms with Crippen LogP contribution in [0.5, 0.6) is 0 Å². The molecule has 0 bridgehead atoms. The van der Waals surface area contributed by atoms with Crippen LogP contribution in [0.4, 0.5) is 10.1 Å². The first-order chi connectivity index (χ1) is 14.8. The van der Waals surface area contributed by atoms with Crippen LogP contribution in [-0.2, 0) is 21.9 Å². The summed E-state index contributed by atoms with van der Waals surface area (Å²) < 4.78 is 45.0. The number of hydrogen-bond acceptors (Lipinski definition) is 6. The minimum absolute atomic E-state index is 0.0335. The number of carbonyl (C=O) groups is 1. The van der Waals surface area contributed by atoms with Crippen LogP contribution in [0.3, 0.4) is 0 Å². The van der Waals surface area contributed by atoms with Crippen LogP contribution in [0.25, 0.3) is 17.1 Å². The Morgan fingerprint density at radius 1 is 1.26 bits per heavy atom. The van der Waals surface area contributed by atoms with E-state index >= 15 is 4.39 Å². The highest BCUT2D eigenvalue weighted by Gasteiger charge is 2.22. The number of likely N-dealkylation sites (N-methyl/N-ethyl adjacent to an activating group) is 1. The van der Waals surface area contributed by atoms with Gasteiger partial charge in [0.2, 0.25) is 5.91 Å². The summed E-state index contributed by atoms with van der Waals surface area (Å²) in [5, 5.41) is 1.65. The number of sulfonamides is 1. The van der Waals surface area contributed by atoms with E-state index in [-0.39, 0.29) is 26.9 Å². The second-order valence-corrected chi connectivity index (χ2v) is 10.2. The summed E-state index contributed by atoms with van der Waals surface area (Å²) in [4.78, 5) is 20.5. The first-order valence-corrected chi connectivity index (χ1v) is 12.0. The number of nitrogens with zero attached hydrogens (tertiary/aromatic N) is 4.